The molecule has 154 valence electrons. The van der Waals surface area contributed by atoms with Crippen LogP contribution in [0.15, 0.2) is 42.5 Å². The van der Waals surface area contributed by atoms with Crippen molar-refractivity contribution in [2.75, 3.05) is 23.4 Å². The van der Waals surface area contributed by atoms with Gasteiger partial charge in [0.1, 0.15) is 12.4 Å². The molecule has 1 aliphatic heterocycles. The van der Waals surface area contributed by atoms with Gasteiger partial charge in [-0.25, -0.2) is 0 Å². The molecule has 0 unspecified atom stereocenters. The van der Waals surface area contributed by atoms with Gasteiger partial charge in [0.15, 0.2) is 0 Å². The van der Waals surface area contributed by atoms with Gasteiger partial charge in [-0.3, -0.25) is 9.59 Å². The van der Waals surface area contributed by atoms with Gasteiger partial charge in [0.25, 0.3) is 5.91 Å². The molecule has 0 aliphatic carbocycles. The minimum absolute atomic E-state index is 0.0139. The van der Waals surface area contributed by atoms with Crippen molar-refractivity contribution in [2.24, 2.45) is 5.41 Å². The fourth-order valence-corrected chi connectivity index (χ4v) is 3.36. The Morgan fingerprint density at radius 1 is 1.14 bits per heavy atom. The minimum atomic E-state index is -0.604. The number of nitrogens with one attached hydrogen (secondary N) is 1. The van der Waals surface area contributed by atoms with Crippen molar-refractivity contribution in [1.82, 2.24) is 0 Å². The first-order valence-corrected chi connectivity index (χ1v) is 10.0. The first-order valence-electron chi connectivity index (χ1n) is 10.0. The second-order valence-corrected chi connectivity index (χ2v) is 9.19. The molecule has 5 heteroatoms. The predicted octanol–water partition coefficient (Wildman–Crippen LogP) is 5.01. The predicted molar refractivity (Wildman–Crippen MR) is 117 cm³/mol. The fourth-order valence-electron chi connectivity index (χ4n) is 3.36. The molecule has 0 atom stereocenters. The summed E-state index contributed by atoms with van der Waals surface area (Å²) in [5, 5.41) is 2.93. The standard InChI is InChI=1S/C24H30N2O3/c1-7-26-19-14-18(12-13-20(19)29-15-24(5,6)22(26)28)25-21(27)16-8-10-17(11-9-16)23(2,3)4/h8-14H,7,15H2,1-6H3,(H,25,27). The molecule has 1 heterocycles. The van der Waals surface area contributed by atoms with Gasteiger partial charge in [-0.15, -0.1) is 0 Å². The molecule has 0 saturated heterocycles. The molecular formula is C24H30N2O3. The number of nitrogens with zero attached hydrogens (tertiary/aromatic N) is 1. The van der Waals surface area contributed by atoms with Gasteiger partial charge in [-0.05, 0) is 62.1 Å². The number of ether oxygens (including phenoxy) is 1. The molecule has 2 aromatic rings. The SMILES string of the molecule is CCN1C(=O)C(C)(C)COc2ccc(NC(=O)c3ccc(C(C)(C)C)cc3)cc21. The van der Waals surface area contributed by atoms with E-state index >= 15 is 0 Å². The molecule has 0 bridgehead atoms. The lowest BCUT2D eigenvalue weighted by molar-refractivity contribution is -0.127. The first kappa shape index (κ1) is 20.9. The van der Waals surface area contributed by atoms with Gasteiger partial charge in [0.05, 0.1) is 11.1 Å². The molecule has 1 N–H and O–H groups in total. The van der Waals surface area contributed by atoms with E-state index in [0.29, 0.717) is 35.8 Å². The van der Waals surface area contributed by atoms with E-state index < -0.39 is 5.41 Å². The average molecular weight is 395 g/mol. The van der Waals surface area contributed by atoms with E-state index in [0.717, 1.165) is 0 Å². The van der Waals surface area contributed by atoms with Crippen molar-refractivity contribution >= 4 is 23.2 Å². The highest BCUT2D eigenvalue weighted by atomic mass is 16.5. The monoisotopic (exact) mass is 394 g/mol. The molecule has 2 amide bonds. The fraction of sp³-hybridized carbons (Fsp3) is 0.417. The second-order valence-electron chi connectivity index (χ2n) is 9.19. The van der Waals surface area contributed by atoms with Crippen molar-refractivity contribution < 1.29 is 14.3 Å². The summed E-state index contributed by atoms with van der Waals surface area (Å²) in [6.45, 7) is 13.0. The maximum atomic E-state index is 12.9. The molecule has 1 aliphatic rings. The summed E-state index contributed by atoms with van der Waals surface area (Å²) in [6.07, 6.45) is 0. The summed E-state index contributed by atoms with van der Waals surface area (Å²) in [7, 11) is 0. The lowest BCUT2D eigenvalue weighted by Gasteiger charge is -2.27. The van der Waals surface area contributed by atoms with Crippen LogP contribution in [0.4, 0.5) is 11.4 Å². The van der Waals surface area contributed by atoms with E-state index in [1.807, 2.05) is 51.1 Å². The van der Waals surface area contributed by atoms with Crippen molar-refractivity contribution in [3.63, 3.8) is 0 Å². The molecule has 0 radical (unpaired) electrons. The minimum Gasteiger partial charge on any atom is -0.490 e. The first-order chi connectivity index (χ1) is 13.5. The number of anilines is 2. The van der Waals surface area contributed by atoms with E-state index in [2.05, 4.69) is 26.1 Å². The Labute approximate surface area is 173 Å². The van der Waals surface area contributed by atoms with Crippen LogP contribution in [0, 0.1) is 5.41 Å². The van der Waals surface area contributed by atoms with E-state index in [1.165, 1.54) is 5.56 Å². The molecule has 0 aromatic heterocycles. The summed E-state index contributed by atoms with van der Waals surface area (Å²) >= 11 is 0. The van der Waals surface area contributed by atoms with Gasteiger partial charge in [0, 0.05) is 17.8 Å². The summed E-state index contributed by atoms with van der Waals surface area (Å²) in [6, 6.07) is 13.1. The smallest absolute Gasteiger partial charge is 0.255 e. The van der Waals surface area contributed by atoms with Crippen LogP contribution < -0.4 is 15.0 Å². The highest BCUT2D eigenvalue weighted by molar-refractivity contribution is 6.05. The van der Waals surface area contributed by atoms with Gasteiger partial charge >= 0.3 is 0 Å². The normalized spacial score (nSPS) is 15.9. The molecule has 0 saturated carbocycles. The Hall–Kier alpha value is -2.82. The Bertz CT molecular complexity index is 924. The highest BCUT2D eigenvalue weighted by Crippen LogP contribution is 2.38. The lowest BCUT2D eigenvalue weighted by atomic mass is 9.87. The van der Waals surface area contributed by atoms with Crippen LogP contribution in [0.1, 0.15) is 57.5 Å². The number of hydrogen-bond acceptors (Lipinski definition) is 3. The van der Waals surface area contributed by atoms with Gasteiger partial charge in [-0.2, -0.15) is 0 Å². The third-order valence-corrected chi connectivity index (χ3v) is 5.25. The topological polar surface area (TPSA) is 58.6 Å². The number of hydrogen-bond donors (Lipinski definition) is 1. The lowest BCUT2D eigenvalue weighted by Crippen LogP contribution is -2.42. The number of carbonyl (C=O) groups is 2. The third-order valence-electron chi connectivity index (χ3n) is 5.25. The zero-order chi connectivity index (χ0) is 21.4. The van der Waals surface area contributed by atoms with Crippen LogP contribution in [-0.4, -0.2) is 25.0 Å². The largest absolute Gasteiger partial charge is 0.490 e. The van der Waals surface area contributed by atoms with Crippen LogP contribution in [-0.2, 0) is 10.2 Å². The van der Waals surface area contributed by atoms with Crippen LogP contribution in [0.5, 0.6) is 5.75 Å². The van der Waals surface area contributed by atoms with Gasteiger partial charge in [-0.1, -0.05) is 32.9 Å². The Balaban J connectivity index is 1.85. The Morgan fingerprint density at radius 2 is 1.79 bits per heavy atom. The zero-order valence-electron chi connectivity index (χ0n) is 18.1. The average Bonchev–Trinajstić information content (AvgIpc) is 2.75. The van der Waals surface area contributed by atoms with Crippen molar-refractivity contribution in [3.8, 4) is 5.75 Å². The van der Waals surface area contributed by atoms with Crippen LogP contribution in [0.3, 0.4) is 0 Å². The van der Waals surface area contributed by atoms with E-state index in [-0.39, 0.29) is 17.2 Å². The highest BCUT2D eigenvalue weighted by Gasteiger charge is 2.37. The van der Waals surface area contributed by atoms with E-state index in [4.69, 9.17) is 4.74 Å². The van der Waals surface area contributed by atoms with Crippen LogP contribution >= 0.6 is 0 Å². The maximum absolute atomic E-state index is 12.9. The number of amides is 2. The zero-order valence-corrected chi connectivity index (χ0v) is 18.1. The molecule has 3 rings (SSSR count). The van der Waals surface area contributed by atoms with E-state index in [1.54, 1.807) is 17.0 Å². The summed E-state index contributed by atoms with van der Waals surface area (Å²) in [5.74, 6) is 0.480. The number of benzene rings is 2. The number of carbonyl (C=O) groups excluding carboxylic acids is 2. The van der Waals surface area contributed by atoms with Crippen LogP contribution in [0.25, 0.3) is 0 Å². The molecular weight excluding hydrogens is 364 g/mol. The summed E-state index contributed by atoms with van der Waals surface area (Å²) in [4.78, 5) is 27.3. The third kappa shape index (κ3) is 4.29. The van der Waals surface area contributed by atoms with E-state index in [9.17, 15) is 9.59 Å². The van der Waals surface area contributed by atoms with Crippen LogP contribution in [0.2, 0.25) is 0 Å². The summed E-state index contributed by atoms with van der Waals surface area (Å²) in [5.41, 5.74) is 2.51. The Morgan fingerprint density at radius 3 is 2.38 bits per heavy atom. The quantitative estimate of drug-likeness (QED) is 0.796. The molecule has 29 heavy (non-hydrogen) atoms. The number of rotatable bonds is 3. The molecule has 2 aromatic carbocycles. The molecule has 0 spiro atoms. The van der Waals surface area contributed by atoms with Gasteiger partial charge < -0.3 is 15.0 Å². The van der Waals surface area contributed by atoms with Gasteiger partial charge in [0.2, 0.25) is 5.91 Å². The molecule has 0 fully saturated rings. The second kappa shape index (κ2) is 7.54. The number of fused-ring (bicyclic) bond motifs is 1. The summed E-state index contributed by atoms with van der Waals surface area (Å²) < 4.78 is 5.88. The van der Waals surface area contributed by atoms with Crippen molar-refractivity contribution in [3.05, 3.63) is 53.6 Å². The Kier molecular flexibility index (Phi) is 5.44. The maximum Gasteiger partial charge on any atom is 0.255 e. The molecule has 5 nitrogen and oxygen atoms in total. The van der Waals surface area contributed by atoms with Crippen molar-refractivity contribution in [2.45, 2.75) is 47.0 Å². The van der Waals surface area contributed by atoms with Crippen molar-refractivity contribution in [1.29, 1.82) is 0 Å².